The standard InChI is InChI=1S/C37H51N3O4/c1-31(2,3)43-21-27-39-30(44-40-27)37-16-14-32(4,5)19-22(37)28-24(41)18-26-34(8)20-23(38-11)29(42)33(6,7)25(34)12-13-35(26,9)36(28,10)15-17-37/h18,20,22,25,28H,12-17,19,21H2,1-10H3/t22-,25-,28-,34-,35+,36+,37-/m0/s1. The van der Waals surface area contributed by atoms with Gasteiger partial charge in [-0.2, -0.15) is 4.98 Å². The van der Waals surface area contributed by atoms with Gasteiger partial charge in [0.2, 0.25) is 11.6 Å². The van der Waals surface area contributed by atoms with E-state index in [1.807, 2.05) is 46.8 Å². The number of hydrogen-bond donors (Lipinski definition) is 0. The Kier molecular flexibility index (Phi) is 6.76. The number of fused-ring (bicyclic) bond motifs is 7. The Hall–Kier alpha value is -2.59. The molecule has 0 N–H and O–H groups in total. The van der Waals surface area contributed by atoms with E-state index in [9.17, 15) is 9.59 Å². The number of allylic oxidation sites excluding steroid dienone is 4. The molecule has 0 aliphatic heterocycles. The number of ether oxygens (including phenoxy) is 1. The van der Waals surface area contributed by atoms with Gasteiger partial charge in [0.1, 0.15) is 6.61 Å². The number of Topliss-reactive ketones (excluding diaryl/α,β-unsaturated/α-hetero) is 1. The molecule has 44 heavy (non-hydrogen) atoms. The van der Waals surface area contributed by atoms with E-state index in [0.29, 0.717) is 18.3 Å². The van der Waals surface area contributed by atoms with Gasteiger partial charge in [-0.05, 0) is 99.9 Å². The van der Waals surface area contributed by atoms with Crippen LogP contribution in [-0.2, 0) is 26.3 Å². The van der Waals surface area contributed by atoms with Crippen LogP contribution in [0.15, 0.2) is 27.9 Å². The smallest absolute Gasteiger partial charge is 0.233 e. The second-order valence-corrected chi connectivity index (χ2v) is 17.8. The number of carbonyl (C=O) groups is 2. The lowest BCUT2D eigenvalue weighted by atomic mass is 9.34. The number of hydrogen-bond acceptors (Lipinski definition) is 6. The fourth-order valence-corrected chi connectivity index (χ4v) is 10.8. The molecule has 0 radical (unpaired) electrons. The van der Waals surface area contributed by atoms with Crippen molar-refractivity contribution in [2.24, 2.45) is 44.8 Å². The fraction of sp³-hybridized carbons (Fsp3) is 0.757. The zero-order chi connectivity index (χ0) is 32.3. The van der Waals surface area contributed by atoms with Crippen LogP contribution in [0.1, 0.15) is 126 Å². The van der Waals surface area contributed by atoms with Crippen LogP contribution in [0.5, 0.6) is 0 Å². The predicted octanol–water partition coefficient (Wildman–Crippen LogP) is 8.21. The Labute approximate surface area is 263 Å². The predicted molar refractivity (Wildman–Crippen MR) is 168 cm³/mol. The van der Waals surface area contributed by atoms with Crippen LogP contribution in [0, 0.1) is 51.4 Å². The van der Waals surface area contributed by atoms with Crippen molar-refractivity contribution in [1.82, 2.24) is 10.1 Å². The molecule has 1 aromatic heterocycles. The van der Waals surface area contributed by atoms with Crippen LogP contribution >= 0.6 is 0 Å². The van der Waals surface area contributed by atoms with Gasteiger partial charge in [-0.25, -0.2) is 4.85 Å². The molecule has 3 saturated carbocycles. The molecule has 1 heterocycles. The molecule has 0 aromatic carbocycles. The van der Waals surface area contributed by atoms with Gasteiger partial charge in [0, 0.05) is 16.7 Å². The highest BCUT2D eigenvalue weighted by Crippen LogP contribution is 2.74. The van der Waals surface area contributed by atoms with E-state index in [1.54, 1.807) is 0 Å². The largest absolute Gasteiger partial charge is 0.368 e. The molecule has 0 unspecified atom stereocenters. The highest BCUT2D eigenvalue weighted by molar-refractivity contribution is 6.03. The first-order valence-electron chi connectivity index (χ1n) is 16.6. The molecule has 1 aromatic rings. The summed E-state index contributed by atoms with van der Waals surface area (Å²) in [6.45, 7) is 29.8. The number of aromatic nitrogens is 2. The average Bonchev–Trinajstić information content (AvgIpc) is 3.40. The summed E-state index contributed by atoms with van der Waals surface area (Å²) >= 11 is 0. The zero-order valence-electron chi connectivity index (χ0n) is 28.5. The van der Waals surface area contributed by atoms with Crippen molar-refractivity contribution in [2.75, 3.05) is 0 Å². The lowest BCUT2D eigenvalue weighted by Crippen LogP contribution is -2.65. The third kappa shape index (κ3) is 4.22. The van der Waals surface area contributed by atoms with Gasteiger partial charge in [0.25, 0.3) is 0 Å². The van der Waals surface area contributed by atoms with Crippen LogP contribution in [-0.4, -0.2) is 27.3 Å². The SMILES string of the molecule is [C-]#[N+]C1=C[C@]2(C)C3=CC(=O)[C@@H]4[C@@H]5CC(C)(C)CC[C@]5(c5nc(COC(C)(C)C)no5)CC[C@@]4(C)[C@]3(C)CC[C@H]2C(C)(C)C1=O. The van der Waals surface area contributed by atoms with Crippen LogP contribution in [0.2, 0.25) is 0 Å². The Morgan fingerprint density at radius 1 is 1.02 bits per heavy atom. The highest BCUT2D eigenvalue weighted by Gasteiger charge is 2.70. The molecule has 0 amide bonds. The van der Waals surface area contributed by atoms with E-state index in [0.717, 1.165) is 50.5 Å². The van der Waals surface area contributed by atoms with E-state index in [1.165, 1.54) is 0 Å². The summed E-state index contributed by atoms with van der Waals surface area (Å²) in [4.78, 5) is 36.8. The van der Waals surface area contributed by atoms with Crippen LogP contribution in [0.3, 0.4) is 0 Å². The summed E-state index contributed by atoms with van der Waals surface area (Å²) in [5.41, 5.74) is -0.909. The maximum absolute atomic E-state index is 14.8. The highest BCUT2D eigenvalue weighted by atomic mass is 16.5. The monoisotopic (exact) mass is 601 g/mol. The van der Waals surface area contributed by atoms with E-state index in [2.05, 4.69) is 44.6 Å². The molecular formula is C37H51N3O4. The summed E-state index contributed by atoms with van der Waals surface area (Å²) in [6, 6.07) is 0. The van der Waals surface area contributed by atoms with Crippen molar-refractivity contribution < 1.29 is 18.8 Å². The van der Waals surface area contributed by atoms with Gasteiger partial charge in [-0.1, -0.05) is 65.3 Å². The van der Waals surface area contributed by atoms with Gasteiger partial charge in [0.15, 0.2) is 17.4 Å². The molecule has 5 aliphatic rings. The lowest BCUT2D eigenvalue weighted by Gasteiger charge is -2.69. The minimum Gasteiger partial charge on any atom is -0.368 e. The van der Waals surface area contributed by atoms with E-state index >= 15 is 0 Å². The molecule has 0 bridgehead atoms. The Morgan fingerprint density at radius 2 is 1.70 bits per heavy atom. The number of rotatable bonds is 3. The molecule has 7 atom stereocenters. The quantitative estimate of drug-likeness (QED) is 0.325. The van der Waals surface area contributed by atoms with E-state index in [-0.39, 0.29) is 62.3 Å². The van der Waals surface area contributed by atoms with Gasteiger partial charge < -0.3 is 14.1 Å². The minimum absolute atomic E-state index is 0.0451. The van der Waals surface area contributed by atoms with Gasteiger partial charge in [-0.15, -0.1) is 0 Å². The van der Waals surface area contributed by atoms with Crippen molar-refractivity contribution in [3.05, 3.63) is 46.6 Å². The van der Waals surface area contributed by atoms with Gasteiger partial charge in [-0.3, -0.25) is 4.79 Å². The second kappa shape index (κ2) is 9.47. The van der Waals surface area contributed by atoms with E-state index in [4.69, 9.17) is 20.8 Å². The minimum atomic E-state index is -0.659. The summed E-state index contributed by atoms with van der Waals surface area (Å²) in [7, 11) is 0. The fourth-order valence-electron chi connectivity index (χ4n) is 10.8. The number of carbonyl (C=O) groups excluding carboxylic acids is 2. The molecule has 238 valence electrons. The van der Waals surface area contributed by atoms with Crippen LogP contribution < -0.4 is 0 Å². The maximum Gasteiger partial charge on any atom is 0.233 e. The lowest BCUT2D eigenvalue weighted by molar-refractivity contribution is -0.161. The summed E-state index contributed by atoms with van der Waals surface area (Å²) < 4.78 is 12.1. The molecule has 3 fully saturated rings. The molecule has 0 spiro atoms. The first-order chi connectivity index (χ1) is 20.2. The summed E-state index contributed by atoms with van der Waals surface area (Å²) in [5, 5.41) is 4.36. The molecule has 5 aliphatic carbocycles. The normalized spacial score (nSPS) is 40.9. The topological polar surface area (TPSA) is 86.7 Å². The van der Waals surface area contributed by atoms with Crippen molar-refractivity contribution in [3.63, 3.8) is 0 Å². The first-order valence-corrected chi connectivity index (χ1v) is 16.6. The maximum atomic E-state index is 14.8. The molecule has 0 saturated heterocycles. The van der Waals surface area contributed by atoms with Crippen molar-refractivity contribution >= 4 is 11.6 Å². The van der Waals surface area contributed by atoms with Crippen LogP contribution in [0.25, 0.3) is 4.85 Å². The van der Waals surface area contributed by atoms with Crippen molar-refractivity contribution in [3.8, 4) is 0 Å². The molecule has 7 nitrogen and oxygen atoms in total. The Balaban J connectivity index is 1.46. The third-order valence-corrected chi connectivity index (χ3v) is 13.4. The number of ketones is 2. The molecule has 6 rings (SSSR count). The Morgan fingerprint density at radius 3 is 2.36 bits per heavy atom. The second-order valence-electron chi connectivity index (χ2n) is 17.8. The average molecular weight is 602 g/mol. The molecule has 7 heteroatoms. The zero-order valence-corrected chi connectivity index (χ0v) is 28.5. The van der Waals surface area contributed by atoms with Crippen molar-refractivity contribution in [2.45, 2.75) is 132 Å². The van der Waals surface area contributed by atoms with Gasteiger partial charge >= 0.3 is 0 Å². The van der Waals surface area contributed by atoms with Crippen molar-refractivity contribution in [1.29, 1.82) is 0 Å². The summed E-state index contributed by atoms with van der Waals surface area (Å²) in [5.74, 6) is 1.31. The third-order valence-electron chi connectivity index (χ3n) is 13.4. The van der Waals surface area contributed by atoms with Crippen LogP contribution in [0.4, 0.5) is 0 Å². The molecular weight excluding hydrogens is 550 g/mol. The first kappa shape index (κ1) is 31.4. The summed E-state index contributed by atoms with van der Waals surface area (Å²) in [6.07, 6.45) is 10.4. The Bertz CT molecular complexity index is 1520. The van der Waals surface area contributed by atoms with E-state index < -0.39 is 10.8 Å². The number of nitrogens with zero attached hydrogens (tertiary/aromatic N) is 3. The van der Waals surface area contributed by atoms with Gasteiger partial charge in [0.05, 0.1) is 17.6 Å².